The first kappa shape index (κ1) is 21.5. The molecule has 1 saturated carbocycles. The first-order valence-corrected chi connectivity index (χ1v) is 11.8. The first-order chi connectivity index (χ1) is 15.4. The molecule has 2 fully saturated rings. The van der Waals surface area contributed by atoms with E-state index in [1.165, 1.54) is 11.3 Å². The molecular formula is C25H35N5O2. The van der Waals surface area contributed by atoms with Gasteiger partial charge >= 0.3 is 0 Å². The number of ether oxygens (including phenoxy) is 2. The lowest BCUT2D eigenvalue weighted by Gasteiger charge is -2.37. The van der Waals surface area contributed by atoms with Gasteiger partial charge < -0.3 is 25.8 Å². The topological polar surface area (TPSA) is 99.5 Å². The van der Waals surface area contributed by atoms with Gasteiger partial charge in [-0.1, -0.05) is 13.8 Å². The highest BCUT2D eigenvalue weighted by molar-refractivity contribution is 5.83. The summed E-state index contributed by atoms with van der Waals surface area (Å²) < 4.78 is 12.4. The number of hydrogen-bond acceptors (Lipinski definition) is 7. The monoisotopic (exact) mass is 437 g/mol. The molecule has 1 aromatic heterocycles. The Labute approximate surface area is 190 Å². The van der Waals surface area contributed by atoms with Crippen LogP contribution in [0.15, 0.2) is 18.5 Å². The normalized spacial score (nSPS) is 26.5. The lowest BCUT2D eigenvalue weighted by atomic mass is 9.71. The number of fused-ring (bicyclic) bond motifs is 3. The van der Waals surface area contributed by atoms with E-state index in [9.17, 15) is 0 Å². The van der Waals surface area contributed by atoms with E-state index in [-0.39, 0.29) is 17.6 Å². The van der Waals surface area contributed by atoms with Crippen LogP contribution in [0.5, 0.6) is 5.75 Å². The summed E-state index contributed by atoms with van der Waals surface area (Å²) in [4.78, 5) is 11.4. The van der Waals surface area contributed by atoms with Crippen LogP contribution in [0.2, 0.25) is 0 Å². The van der Waals surface area contributed by atoms with E-state index in [0.717, 1.165) is 74.2 Å². The van der Waals surface area contributed by atoms with Gasteiger partial charge in [-0.25, -0.2) is 9.97 Å². The molecular weight excluding hydrogens is 402 g/mol. The van der Waals surface area contributed by atoms with E-state index in [0.29, 0.717) is 11.9 Å². The van der Waals surface area contributed by atoms with Crippen LogP contribution in [0.1, 0.15) is 57.1 Å². The summed E-state index contributed by atoms with van der Waals surface area (Å²) in [6.07, 6.45) is 7.99. The molecule has 1 aliphatic heterocycles. The SMILES string of the molecule is COC1CCN(c2c(O[C@H]3CC[C@H](N)CC3)ccc3c2CC(C)(C)c2c(N)ncnc2-3)C1. The summed E-state index contributed by atoms with van der Waals surface area (Å²) in [6.45, 7) is 6.30. The fourth-order valence-electron chi connectivity index (χ4n) is 5.77. The summed E-state index contributed by atoms with van der Waals surface area (Å²) in [6, 6.07) is 4.59. The molecule has 2 aliphatic carbocycles. The predicted octanol–water partition coefficient (Wildman–Crippen LogP) is 3.43. The minimum absolute atomic E-state index is 0.168. The number of nitrogens with two attached hydrogens (primary N) is 2. The van der Waals surface area contributed by atoms with Crippen LogP contribution in [0.25, 0.3) is 11.3 Å². The largest absolute Gasteiger partial charge is 0.488 e. The molecule has 1 atom stereocenters. The highest BCUT2D eigenvalue weighted by Gasteiger charge is 2.38. The van der Waals surface area contributed by atoms with Gasteiger partial charge in [0.15, 0.2) is 0 Å². The Hall–Kier alpha value is -2.38. The van der Waals surface area contributed by atoms with Crippen LogP contribution < -0.4 is 21.1 Å². The standard InChI is InChI=1S/C25H35N5O2/c1-25(2)12-19-18(22-21(25)24(27)29-14-28-22)8-9-20(32-16-6-4-15(26)5-7-16)23(19)30-11-10-17(13-30)31-3/h8-9,14-17H,4-7,10-13,26H2,1-3H3,(H2,27,28,29)/t15-,16-,17?. The molecule has 2 aromatic rings. The first-order valence-electron chi connectivity index (χ1n) is 11.8. The van der Waals surface area contributed by atoms with Crippen LogP contribution >= 0.6 is 0 Å². The summed E-state index contributed by atoms with van der Waals surface area (Å²) in [7, 11) is 1.80. The fourth-order valence-corrected chi connectivity index (χ4v) is 5.77. The van der Waals surface area contributed by atoms with Crippen LogP contribution in [-0.2, 0) is 16.6 Å². The summed E-state index contributed by atoms with van der Waals surface area (Å²) in [5.74, 6) is 1.55. The van der Waals surface area contributed by atoms with Crippen molar-refractivity contribution in [1.82, 2.24) is 9.97 Å². The third kappa shape index (κ3) is 3.71. The van der Waals surface area contributed by atoms with Gasteiger partial charge in [-0.05, 0) is 61.6 Å². The molecule has 0 spiro atoms. The van der Waals surface area contributed by atoms with Crippen molar-refractivity contribution in [3.63, 3.8) is 0 Å². The zero-order chi connectivity index (χ0) is 22.5. The Morgan fingerprint density at radius 1 is 1.06 bits per heavy atom. The van der Waals surface area contributed by atoms with E-state index < -0.39 is 0 Å². The van der Waals surface area contributed by atoms with Crippen molar-refractivity contribution in [3.05, 3.63) is 29.6 Å². The maximum Gasteiger partial charge on any atom is 0.143 e. The van der Waals surface area contributed by atoms with E-state index in [4.69, 9.17) is 20.9 Å². The van der Waals surface area contributed by atoms with Gasteiger partial charge in [-0.2, -0.15) is 0 Å². The molecule has 0 bridgehead atoms. The minimum atomic E-state index is -0.168. The molecule has 7 heteroatoms. The molecule has 0 amide bonds. The van der Waals surface area contributed by atoms with Crippen LogP contribution in [0.4, 0.5) is 11.5 Å². The van der Waals surface area contributed by atoms with Gasteiger partial charge in [0, 0.05) is 37.4 Å². The number of aromatic nitrogens is 2. The fraction of sp³-hybridized carbons (Fsp3) is 0.600. The average molecular weight is 438 g/mol. The lowest BCUT2D eigenvalue weighted by molar-refractivity contribution is 0.121. The number of hydrogen-bond donors (Lipinski definition) is 2. The van der Waals surface area contributed by atoms with Crippen molar-refractivity contribution in [3.8, 4) is 17.0 Å². The third-order valence-corrected chi connectivity index (χ3v) is 7.48. The second kappa shape index (κ2) is 8.19. The second-order valence-corrected chi connectivity index (χ2v) is 10.2. The van der Waals surface area contributed by atoms with Crippen molar-refractivity contribution < 1.29 is 9.47 Å². The molecule has 0 radical (unpaired) electrons. The number of methoxy groups -OCH3 is 1. The van der Waals surface area contributed by atoms with Gasteiger partial charge in [0.1, 0.15) is 17.9 Å². The Morgan fingerprint density at radius 3 is 2.56 bits per heavy atom. The molecule has 1 aromatic carbocycles. The van der Waals surface area contributed by atoms with Crippen molar-refractivity contribution in [2.45, 2.75) is 76.0 Å². The highest BCUT2D eigenvalue weighted by atomic mass is 16.5. The van der Waals surface area contributed by atoms with E-state index in [1.54, 1.807) is 13.4 Å². The summed E-state index contributed by atoms with van der Waals surface area (Å²) in [5.41, 5.74) is 17.9. The molecule has 7 nitrogen and oxygen atoms in total. The Bertz CT molecular complexity index is 1000. The van der Waals surface area contributed by atoms with Gasteiger partial charge in [0.05, 0.1) is 23.6 Å². The smallest absolute Gasteiger partial charge is 0.143 e. The maximum atomic E-state index is 6.67. The lowest BCUT2D eigenvalue weighted by Crippen LogP contribution is -2.33. The average Bonchev–Trinajstić information content (AvgIpc) is 3.23. The van der Waals surface area contributed by atoms with Crippen LogP contribution in [0, 0.1) is 0 Å². The van der Waals surface area contributed by atoms with E-state index >= 15 is 0 Å². The van der Waals surface area contributed by atoms with Gasteiger partial charge in [-0.3, -0.25) is 0 Å². The quantitative estimate of drug-likeness (QED) is 0.756. The van der Waals surface area contributed by atoms with Crippen LogP contribution in [0.3, 0.4) is 0 Å². The Morgan fingerprint density at radius 2 is 1.84 bits per heavy atom. The number of nitrogens with zero attached hydrogens (tertiary/aromatic N) is 3. The maximum absolute atomic E-state index is 6.67. The molecule has 32 heavy (non-hydrogen) atoms. The zero-order valence-corrected chi connectivity index (χ0v) is 19.4. The van der Waals surface area contributed by atoms with Gasteiger partial charge in [-0.15, -0.1) is 0 Å². The van der Waals surface area contributed by atoms with Gasteiger partial charge in [0.25, 0.3) is 0 Å². The Balaban J connectivity index is 1.61. The third-order valence-electron chi connectivity index (χ3n) is 7.48. The van der Waals surface area contributed by atoms with Gasteiger partial charge in [0.2, 0.25) is 0 Å². The molecule has 1 saturated heterocycles. The summed E-state index contributed by atoms with van der Waals surface area (Å²) >= 11 is 0. The van der Waals surface area contributed by atoms with Crippen LogP contribution in [-0.4, -0.2) is 48.4 Å². The molecule has 3 aliphatic rings. The molecule has 5 rings (SSSR count). The Kier molecular flexibility index (Phi) is 5.50. The number of rotatable bonds is 4. The number of anilines is 2. The predicted molar refractivity (Wildman–Crippen MR) is 127 cm³/mol. The number of benzene rings is 1. The van der Waals surface area contributed by atoms with Crippen molar-refractivity contribution in [1.29, 1.82) is 0 Å². The summed E-state index contributed by atoms with van der Waals surface area (Å²) in [5, 5.41) is 0. The van der Waals surface area contributed by atoms with E-state index in [1.807, 2.05) is 0 Å². The second-order valence-electron chi connectivity index (χ2n) is 10.2. The zero-order valence-electron chi connectivity index (χ0n) is 19.4. The highest BCUT2D eigenvalue weighted by Crippen LogP contribution is 2.50. The minimum Gasteiger partial charge on any atom is -0.488 e. The van der Waals surface area contributed by atoms with Crippen molar-refractivity contribution in [2.24, 2.45) is 5.73 Å². The molecule has 2 heterocycles. The van der Waals surface area contributed by atoms with Crippen molar-refractivity contribution >= 4 is 11.5 Å². The number of nitrogen functional groups attached to an aromatic ring is 1. The molecule has 172 valence electrons. The molecule has 1 unspecified atom stereocenters. The van der Waals surface area contributed by atoms with Crippen molar-refractivity contribution in [2.75, 3.05) is 30.8 Å². The molecule has 4 N–H and O–H groups in total. The van der Waals surface area contributed by atoms with E-state index in [2.05, 4.69) is 40.8 Å².